The molecule has 13 nitrogen and oxygen atoms in total. The number of aromatic amines is 1. The van der Waals surface area contributed by atoms with Gasteiger partial charge >= 0.3 is 12.1 Å². The number of para-hydroxylation sites is 1. The first-order chi connectivity index (χ1) is 22.9. The van der Waals surface area contributed by atoms with Gasteiger partial charge in [0, 0.05) is 83.1 Å². The van der Waals surface area contributed by atoms with Crippen molar-refractivity contribution in [3.63, 3.8) is 0 Å². The summed E-state index contributed by atoms with van der Waals surface area (Å²) in [7, 11) is 0. The number of anilines is 1. The number of aromatic nitrogens is 3. The molecule has 0 aliphatic carbocycles. The third-order valence-corrected chi connectivity index (χ3v) is 10.4. The molecule has 5 heterocycles. The molecule has 0 spiro atoms. The topological polar surface area (TPSA) is 139 Å². The van der Waals surface area contributed by atoms with Gasteiger partial charge in [-0.25, -0.2) is 9.59 Å². The van der Waals surface area contributed by atoms with Crippen LogP contribution in [0.3, 0.4) is 0 Å². The smallest absolute Gasteiger partial charge is 0.410 e. The van der Waals surface area contributed by atoms with E-state index in [0.29, 0.717) is 51.6 Å². The zero-order valence-corrected chi connectivity index (χ0v) is 27.1. The molecule has 3 aromatic rings. The quantitative estimate of drug-likeness (QED) is 0.373. The van der Waals surface area contributed by atoms with Crippen LogP contribution in [0.1, 0.15) is 42.4 Å². The van der Waals surface area contributed by atoms with Crippen molar-refractivity contribution in [2.45, 2.75) is 63.6 Å². The Kier molecular flexibility index (Phi) is 9.25. The highest BCUT2D eigenvalue weighted by atomic mass is 16.6. The van der Waals surface area contributed by atoms with E-state index in [4.69, 9.17) is 4.74 Å². The van der Waals surface area contributed by atoms with E-state index in [1.807, 2.05) is 47.1 Å². The average molecular weight is 644 g/mol. The molecule has 47 heavy (non-hydrogen) atoms. The Bertz CT molecular complexity index is 1590. The molecule has 7 rings (SSSR count). The highest BCUT2D eigenvalue weighted by molar-refractivity contribution is 5.91. The zero-order chi connectivity index (χ0) is 32.3. The van der Waals surface area contributed by atoms with Gasteiger partial charge in [0.05, 0.1) is 0 Å². The SMILES string of the molecule is Cc1cc(CC(OC(=O)N2CCC(N3CCc4ccccc4NC3=O)CC2)C(=O)N2CCC(N3CCNCC3)CC2)cc2n[nH]nc12. The monoisotopic (exact) mass is 643 g/mol. The van der Waals surface area contributed by atoms with Gasteiger partial charge in [0.15, 0.2) is 6.10 Å². The van der Waals surface area contributed by atoms with E-state index in [9.17, 15) is 14.4 Å². The molecule has 3 N–H and O–H groups in total. The number of benzene rings is 2. The molecule has 4 aliphatic heterocycles. The number of piperazine rings is 1. The highest BCUT2D eigenvalue weighted by Gasteiger charge is 2.36. The Hall–Kier alpha value is -4.23. The van der Waals surface area contributed by atoms with E-state index < -0.39 is 12.2 Å². The second-order valence-corrected chi connectivity index (χ2v) is 13.3. The summed E-state index contributed by atoms with van der Waals surface area (Å²) in [5, 5.41) is 17.6. The number of rotatable bonds is 6. The first-order valence-corrected chi connectivity index (χ1v) is 17.1. The van der Waals surface area contributed by atoms with E-state index in [1.165, 1.54) is 0 Å². The Morgan fingerprint density at radius 1 is 0.915 bits per heavy atom. The molecule has 2 aromatic carbocycles. The van der Waals surface area contributed by atoms with Crippen LogP contribution in [0.25, 0.3) is 11.0 Å². The predicted octanol–water partition coefficient (Wildman–Crippen LogP) is 2.76. The number of nitrogens with zero attached hydrogens (tertiary/aromatic N) is 6. The van der Waals surface area contributed by atoms with E-state index in [-0.39, 0.29) is 24.4 Å². The second kappa shape index (κ2) is 13.9. The number of hydrogen-bond donors (Lipinski definition) is 3. The van der Waals surface area contributed by atoms with Crippen LogP contribution in [0, 0.1) is 6.92 Å². The number of hydrogen-bond acceptors (Lipinski definition) is 8. The number of likely N-dealkylation sites (tertiary alicyclic amines) is 2. The first kappa shape index (κ1) is 31.4. The zero-order valence-electron chi connectivity index (χ0n) is 27.1. The summed E-state index contributed by atoms with van der Waals surface area (Å²) in [5.41, 5.74) is 5.32. The summed E-state index contributed by atoms with van der Waals surface area (Å²) in [6.07, 6.45) is 2.75. The molecule has 250 valence electrons. The lowest BCUT2D eigenvalue weighted by Crippen LogP contribution is -2.54. The van der Waals surface area contributed by atoms with Gasteiger partial charge in [0.1, 0.15) is 11.0 Å². The van der Waals surface area contributed by atoms with E-state index >= 15 is 0 Å². The van der Waals surface area contributed by atoms with Gasteiger partial charge in [-0.15, -0.1) is 0 Å². The number of aryl methyl sites for hydroxylation is 1. The summed E-state index contributed by atoms with van der Waals surface area (Å²) < 4.78 is 6.09. The second-order valence-electron chi connectivity index (χ2n) is 13.3. The van der Waals surface area contributed by atoms with Crippen LogP contribution in [0.5, 0.6) is 0 Å². The van der Waals surface area contributed by atoms with Gasteiger partial charge in [0.25, 0.3) is 5.91 Å². The fourth-order valence-electron chi connectivity index (χ4n) is 7.70. The average Bonchev–Trinajstić information content (AvgIpc) is 3.52. The number of carbonyl (C=O) groups excluding carboxylic acids is 3. The molecule has 0 radical (unpaired) electrons. The molecule has 0 saturated carbocycles. The van der Waals surface area contributed by atoms with Crippen LogP contribution in [-0.2, 0) is 22.4 Å². The van der Waals surface area contributed by atoms with Crippen LogP contribution >= 0.6 is 0 Å². The Labute approximate surface area is 274 Å². The third-order valence-electron chi connectivity index (χ3n) is 10.4. The van der Waals surface area contributed by atoms with Crippen LogP contribution in [-0.4, -0.2) is 130 Å². The maximum absolute atomic E-state index is 14.0. The van der Waals surface area contributed by atoms with Crippen LogP contribution < -0.4 is 10.6 Å². The number of fused-ring (bicyclic) bond motifs is 2. The molecule has 1 unspecified atom stereocenters. The highest BCUT2D eigenvalue weighted by Crippen LogP contribution is 2.26. The van der Waals surface area contributed by atoms with Crippen LogP contribution in [0.4, 0.5) is 15.3 Å². The van der Waals surface area contributed by atoms with Crippen molar-refractivity contribution in [3.8, 4) is 0 Å². The summed E-state index contributed by atoms with van der Waals surface area (Å²) in [6, 6.07) is 12.2. The number of H-pyrrole nitrogens is 1. The molecule has 0 bridgehead atoms. The maximum atomic E-state index is 14.0. The van der Waals surface area contributed by atoms with E-state index in [0.717, 1.165) is 78.9 Å². The molecule has 1 atom stereocenters. The molecular weight excluding hydrogens is 598 g/mol. The normalized spacial score (nSPS) is 20.9. The van der Waals surface area contributed by atoms with Crippen molar-refractivity contribution in [1.29, 1.82) is 0 Å². The standard InChI is InChI=1S/C34H45N9O4/c1-23-20-24(21-29-31(23)38-39-37-29)22-30(32(44)41-13-7-26(8-14-41)40-18-11-35-12-19-40)47-34(46)42-15-9-27(10-16-42)43-17-6-25-4-2-3-5-28(25)36-33(43)45/h2-5,20-21,26-27,30,35H,6-19,22H2,1H3,(H,36,45)(H,37,38,39). The van der Waals surface area contributed by atoms with Crippen LogP contribution in [0.2, 0.25) is 0 Å². The van der Waals surface area contributed by atoms with Crippen molar-refractivity contribution in [2.24, 2.45) is 0 Å². The number of carbonyl (C=O) groups is 3. The van der Waals surface area contributed by atoms with E-state index in [1.54, 1.807) is 4.90 Å². The lowest BCUT2D eigenvalue weighted by molar-refractivity contribution is -0.142. The fourth-order valence-corrected chi connectivity index (χ4v) is 7.70. The molecule has 4 aliphatic rings. The van der Waals surface area contributed by atoms with Gasteiger partial charge in [-0.3, -0.25) is 9.69 Å². The number of piperidine rings is 2. The summed E-state index contributed by atoms with van der Waals surface area (Å²) >= 11 is 0. The largest absolute Gasteiger partial charge is 0.436 e. The lowest BCUT2D eigenvalue weighted by atomic mass is 9.99. The van der Waals surface area contributed by atoms with Crippen molar-refractivity contribution >= 4 is 34.8 Å². The summed E-state index contributed by atoms with van der Waals surface area (Å²) in [4.78, 5) is 48.8. The molecule has 13 heteroatoms. The Morgan fingerprint density at radius 3 is 2.43 bits per heavy atom. The minimum Gasteiger partial charge on any atom is -0.436 e. The summed E-state index contributed by atoms with van der Waals surface area (Å²) in [6.45, 7) is 8.90. The number of urea groups is 1. The Morgan fingerprint density at radius 2 is 1.64 bits per heavy atom. The van der Waals surface area contributed by atoms with Gasteiger partial charge in [-0.05, 0) is 67.9 Å². The van der Waals surface area contributed by atoms with Gasteiger partial charge < -0.3 is 30.1 Å². The minimum atomic E-state index is -0.949. The molecule has 4 amide bonds. The molecule has 3 saturated heterocycles. The number of amides is 4. The third kappa shape index (κ3) is 6.91. The lowest BCUT2D eigenvalue weighted by Gasteiger charge is -2.41. The first-order valence-electron chi connectivity index (χ1n) is 17.1. The van der Waals surface area contributed by atoms with Crippen molar-refractivity contribution in [3.05, 3.63) is 53.1 Å². The molecule has 1 aromatic heterocycles. The van der Waals surface area contributed by atoms with Crippen LogP contribution in [0.15, 0.2) is 36.4 Å². The predicted molar refractivity (Wildman–Crippen MR) is 177 cm³/mol. The van der Waals surface area contributed by atoms with Gasteiger partial charge in [-0.1, -0.05) is 24.3 Å². The fraction of sp³-hybridized carbons (Fsp3) is 0.559. The van der Waals surface area contributed by atoms with Crippen molar-refractivity contribution in [1.82, 2.24) is 40.3 Å². The van der Waals surface area contributed by atoms with E-state index in [2.05, 4.69) is 37.0 Å². The Balaban J connectivity index is 1.00. The van der Waals surface area contributed by atoms with Crippen molar-refractivity contribution < 1.29 is 19.1 Å². The molecular formula is C34H45N9O4. The van der Waals surface area contributed by atoms with Crippen molar-refractivity contribution in [2.75, 3.05) is 64.2 Å². The maximum Gasteiger partial charge on any atom is 0.410 e. The number of ether oxygens (including phenoxy) is 1. The van der Waals surface area contributed by atoms with Gasteiger partial charge in [-0.2, -0.15) is 15.4 Å². The minimum absolute atomic E-state index is 0.0277. The van der Waals surface area contributed by atoms with Gasteiger partial charge in [0.2, 0.25) is 0 Å². The molecule has 3 fully saturated rings. The number of nitrogens with one attached hydrogen (secondary N) is 3. The summed E-state index contributed by atoms with van der Waals surface area (Å²) in [5.74, 6) is -0.147.